The standard InChI is InChI=1S/C32H39N3O6/c1-22(39-23(2)37)31(38)34-19-24-7-13-27(14-8-24)32-40-29(20-35(3)17-15-28-6-4-5-16-33-28)18-30(41-32)26-11-9-25(21-36)10-12-26/h4-14,16,22,29-30,32,36H,15,17-21H2,1-3H3,(H,34,38). The lowest BCUT2D eigenvalue weighted by atomic mass is 9.99. The zero-order chi connectivity index (χ0) is 29.2. The Bertz CT molecular complexity index is 1250. The summed E-state index contributed by atoms with van der Waals surface area (Å²) in [6, 6.07) is 21.5. The summed E-state index contributed by atoms with van der Waals surface area (Å²) in [6.07, 6.45) is 1.73. The van der Waals surface area contributed by atoms with E-state index in [1.165, 1.54) is 13.8 Å². The fourth-order valence-corrected chi connectivity index (χ4v) is 4.75. The summed E-state index contributed by atoms with van der Waals surface area (Å²) in [5.41, 5.74) is 4.73. The van der Waals surface area contributed by atoms with Crippen molar-refractivity contribution in [3.05, 3.63) is 101 Å². The van der Waals surface area contributed by atoms with Gasteiger partial charge < -0.3 is 29.5 Å². The molecule has 0 saturated carbocycles. The Balaban J connectivity index is 1.41. The first-order valence-electron chi connectivity index (χ1n) is 13.9. The lowest BCUT2D eigenvalue weighted by Gasteiger charge is -2.38. The molecule has 2 heterocycles. The van der Waals surface area contributed by atoms with Gasteiger partial charge in [-0.05, 0) is 42.8 Å². The molecule has 41 heavy (non-hydrogen) atoms. The van der Waals surface area contributed by atoms with Gasteiger partial charge in [0.05, 0.1) is 18.8 Å². The lowest BCUT2D eigenvalue weighted by Crippen LogP contribution is -2.38. The molecule has 0 spiro atoms. The summed E-state index contributed by atoms with van der Waals surface area (Å²) in [4.78, 5) is 30.0. The Labute approximate surface area is 241 Å². The molecule has 3 aromatic rings. The number of nitrogens with one attached hydrogen (secondary N) is 1. The molecule has 1 aliphatic heterocycles. The first kappa shape index (κ1) is 30.3. The minimum atomic E-state index is -0.849. The van der Waals surface area contributed by atoms with Gasteiger partial charge in [-0.15, -0.1) is 0 Å². The van der Waals surface area contributed by atoms with E-state index in [9.17, 15) is 14.7 Å². The summed E-state index contributed by atoms with van der Waals surface area (Å²) in [5.74, 6) is -0.849. The van der Waals surface area contributed by atoms with Crippen LogP contribution in [0, 0.1) is 0 Å². The summed E-state index contributed by atoms with van der Waals surface area (Å²) >= 11 is 0. The number of amides is 1. The number of aromatic nitrogens is 1. The van der Waals surface area contributed by atoms with Gasteiger partial charge in [-0.25, -0.2) is 0 Å². The predicted molar refractivity (Wildman–Crippen MR) is 153 cm³/mol. The number of aliphatic hydroxyl groups is 1. The summed E-state index contributed by atoms with van der Waals surface area (Å²) in [5, 5.41) is 12.2. The molecule has 1 amide bonds. The van der Waals surface area contributed by atoms with Gasteiger partial charge in [0.2, 0.25) is 0 Å². The Hall–Kier alpha value is -3.63. The molecule has 4 atom stereocenters. The fourth-order valence-electron chi connectivity index (χ4n) is 4.75. The third kappa shape index (κ3) is 9.19. The molecular formula is C32H39N3O6. The van der Waals surface area contributed by atoms with E-state index >= 15 is 0 Å². The van der Waals surface area contributed by atoms with Crippen molar-refractivity contribution in [2.24, 2.45) is 0 Å². The van der Waals surface area contributed by atoms with Gasteiger partial charge in [0.15, 0.2) is 12.4 Å². The molecule has 0 aliphatic carbocycles. The third-order valence-electron chi connectivity index (χ3n) is 7.04. The zero-order valence-corrected chi connectivity index (χ0v) is 23.9. The van der Waals surface area contributed by atoms with E-state index in [-0.39, 0.29) is 24.7 Å². The van der Waals surface area contributed by atoms with E-state index in [1.807, 2.05) is 72.9 Å². The van der Waals surface area contributed by atoms with E-state index in [2.05, 4.69) is 22.2 Å². The molecule has 2 aromatic carbocycles. The van der Waals surface area contributed by atoms with Crippen LogP contribution in [-0.4, -0.2) is 59.2 Å². The van der Waals surface area contributed by atoms with Gasteiger partial charge >= 0.3 is 5.97 Å². The maximum Gasteiger partial charge on any atom is 0.303 e. The maximum absolute atomic E-state index is 12.2. The van der Waals surface area contributed by atoms with Crippen LogP contribution in [-0.2, 0) is 43.4 Å². The average Bonchev–Trinajstić information content (AvgIpc) is 2.99. The van der Waals surface area contributed by atoms with Crippen molar-refractivity contribution in [1.29, 1.82) is 0 Å². The van der Waals surface area contributed by atoms with Gasteiger partial charge in [0, 0.05) is 56.9 Å². The largest absolute Gasteiger partial charge is 0.453 e. The van der Waals surface area contributed by atoms with Crippen LogP contribution in [0.1, 0.15) is 60.6 Å². The number of pyridine rings is 1. The number of carbonyl (C=O) groups is 2. The Morgan fingerprint density at radius 3 is 2.41 bits per heavy atom. The normalized spacial score (nSPS) is 19.5. The van der Waals surface area contributed by atoms with Crippen molar-refractivity contribution in [2.45, 2.75) is 64.4 Å². The zero-order valence-electron chi connectivity index (χ0n) is 23.9. The van der Waals surface area contributed by atoms with Crippen LogP contribution < -0.4 is 5.32 Å². The van der Waals surface area contributed by atoms with Gasteiger partial charge in [0.1, 0.15) is 0 Å². The highest BCUT2D eigenvalue weighted by Gasteiger charge is 2.32. The predicted octanol–water partition coefficient (Wildman–Crippen LogP) is 3.86. The fraction of sp³-hybridized carbons (Fsp3) is 0.406. The van der Waals surface area contributed by atoms with Crippen LogP contribution >= 0.6 is 0 Å². The van der Waals surface area contributed by atoms with E-state index in [1.54, 1.807) is 0 Å². The number of hydrogen-bond acceptors (Lipinski definition) is 8. The van der Waals surface area contributed by atoms with Crippen molar-refractivity contribution in [2.75, 3.05) is 20.1 Å². The van der Waals surface area contributed by atoms with Crippen molar-refractivity contribution < 1.29 is 28.9 Å². The van der Waals surface area contributed by atoms with Crippen LogP contribution in [0.25, 0.3) is 0 Å². The topological polar surface area (TPSA) is 110 Å². The number of hydrogen-bond donors (Lipinski definition) is 2. The third-order valence-corrected chi connectivity index (χ3v) is 7.04. The molecule has 0 radical (unpaired) electrons. The van der Waals surface area contributed by atoms with E-state index in [4.69, 9.17) is 14.2 Å². The first-order valence-corrected chi connectivity index (χ1v) is 13.9. The summed E-state index contributed by atoms with van der Waals surface area (Å²) in [7, 11) is 2.09. The Morgan fingerprint density at radius 1 is 1.05 bits per heavy atom. The van der Waals surface area contributed by atoms with Crippen LogP contribution in [0.2, 0.25) is 0 Å². The molecule has 1 fully saturated rings. The van der Waals surface area contributed by atoms with Gasteiger partial charge in [0.25, 0.3) is 5.91 Å². The molecule has 9 heteroatoms. The average molecular weight is 562 g/mol. The minimum absolute atomic E-state index is 0.00328. The molecular weight excluding hydrogens is 522 g/mol. The molecule has 1 aromatic heterocycles. The van der Waals surface area contributed by atoms with E-state index in [0.717, 1.165) is 47.5 Å². The SMILES string of the molecule is CC(=O)OC(C)C(=O)NCc1ccc(C2OC(CN(C)CCc3ccccn3)CC(c3ccc(CO)cc3)O2)cc1. The molecule has 9 nitrogen and oxygen atoms in total. The molecule has 1 saturated heterocycles. The molecule has 4 unspecified atom stereocenters. The van der Waals surface area contributed by atoms with Crippen molar-refractivity contribution in [3.63, 3.8) is 0 Å². The Morgan fingerprint density at radius 2 is 1.76 bits per heavy atom. The van der Waals surface area contributed by atoms with Crippen LogP contribution in [0.4, 0.5) is 0 Å². The monoisotopic (exact) mass is 561 g/mol. The molecule has 4 rings (SSSR count). The second-order valence-corrected chi connectivity index (χ2v) is 10.4. The summed E-state index contributed by atoms with van der Waals surface area (Å²) < 4.78 is 17.8. The number of ether oxygens (including phenoxy) is 3. The number of carbonyl (C=O) groups excluding carboxylic acids is 2. The number of aliphatic hydroxyl groups excluding tert-OH is 1. The quantitative estimate of drug-likeness (QED) is 0.321. The smallest absolute Gasteiger partial charge is 0.303 e. The van der Waals surface area contributed by atoms with Crippen molar-refractivity contribution in [3.8, 4) is 0 Å². The van der Waals surface area contributed by atoms with E-state index < -0.39 is 18.4 Å². The van der Waals surface area contributed by atoms with Crippen LogP contribution in [0.3, 0.4) is 0 Å². The number of benzene rings is 2. The molecule has 1 aliphatic rings. The first-order chi connectivity index (χ1) is 19.8. The highest BCUT2D eigenvalue weighted by Crippen LogP contribution is 2.38. The van der Waals surface area contributed by atoms with E-state index in [0.29, 0.717) is 13.0 Å². The number of likely N-dealkylation sites (N-methyl/N-ethyl adjacent to an activating group) is 1. The van der Waals surface area contributed by atoms with Crippen LogP contribution in [0.5, 0.6) is 0 Å². The van der Waals surface area contributed by atoms with Crippen molar-refractivity contribution >= 4 is 11.9 Å². The van der Waals surface area contributed by atoms with Gasteiger partial charge in [-0.1, -0.05) is 54.6 Å². The van der Waals surface area contributed by atoms with Gasteiger partial charge in [-0.2, -0.15) is 0 Å². The molecule has 218 valence electrons. The minimum Gasteiger partial charge on any atom is -0.453 e. The van der Waals surface area contributed by atoms with Crippen LogP contribution in [0.15, 0.2) is 72.9 Å². The number of esters is 1. The summed E-state index contributed by atoms with van der Waals surface area (Å²) in [6.45, 7) is 4.71. The maximum atomic E-state index is 12.2. The number of rotatable bonds is 12. The Kier molecular flexibility index (Phi) is 11.0. The second kappa shape index (κ2) is 14.8. The highest BCUT2D eigenvalue weighted by atomic mass is 16.7. The second-order valence-electron chi connectivity index (χ2n) is 10.4. The number of nitrogens with zero attached hydrogens (tertiary/aromatic N) is 2. The van der Waals surface area contributed by atoms with Gasteiger partial charge in [-0.3, -0.25) is 14.6 Å². The van der Waals surface area contributed by atoms with Crippen molar-refractivity contribution in [1.82, 2.24) is 15.2 Å². The molecule has 0 bridgehead atoms. The highest BCUT2D eigenvalue weighted by molar-refractivity contribution is 5.82. The molecule has 2 N–H and O–H groups in total. The lowest BCUT2D eigenvalue weighted by molar-refractivity contribution is -0.252.